The zero-order chi connectivity index (χ0) is 20.8. The van der Waals surface area contributed by atoms with E-state index in [0.717, 1.165) is 35.7 Å². The molecular formula is C23H27N5O2. The molecule has 1 aliphatic heterocycles. The maximum Gasteiger partial charge on any atom is 0.255 e. The zero-order valence-corrected chi connectivity index (χ0v) is 16.9. The monoisotopic (exact) mass is 405 g/mol. The number of hydrogen-bond donors (Lipinski definition) is 4. The van der Waals surface area contributed by atoms with Crippen LogP contribution in [-0.4, -0.2) is 35.1 Å². The van der Waals surface area contributed by atoms with Crippen LogP contribution in [0.1, 0.15) is 35.2 Å². The third-order valence-electron chi connectivity index (χ3n) is 5.33. The van der Waals surface area contributed by atoms with Crippen molar-refractivity contribution in [3.63, 3.8) is 0 Å². The van der Waals surface area contributed by atoms with E-state index in [1.165, 1.54) is 12.8 Å². The number of anilines is 1. The number of nitrogens with two attached hydrogens (primary N) is 1. The number of ether oxygens (including phenoxy) is 1. The summed E-state index contributed by atoms with van der Waals surface area (Å²) >= 11 is 0. The van der Waals surface area contributed by atoms with Gasteiger partial charge >= 0.3 is 0 Å². The molecule has 1 amide bonds. The molecule has 2 heterocycles. The summed E-state index contributed by atoms with van der Waals surface area (Å²) in [6, 6.07) is 13.3. The van der Waals surface area contributed by atoms with Gasteiger partial charge in [-0.25, -0.2) is 4.98 Å². The molecule has 7 heteroatoms. The highest BCUT2D eigenvalue weighted by Gasteiger charge is 2.14. The lowest BCUT2D eigenvalue weighted by molar-refractivity contribution is 0.102. The molecule has 1 fully saturated rings. The van der Waals surface area contributed by atoms with Crippen molar-refractivity contribution in [2.75, 3.05) is 18.5 Å². The summed E-state index contributed by atoms with van der Waals surface area (Å²) < 4.78 is 5.87. The van der Waals surface area contributed by atoms with E-state index < -0.39 is 0 Å². The fourth-order valence-electron chi connectivity index (χ4n) is 3.60. The van der Waals surface area contributed by atoms with Crippen molar-refractivity contribution in [3.05, 3.63) is 66.0 Å². The summed E-state index contributed by atoms with van der Waals surface area (Å²) in [6.45, 7) is 2.03. The number of rotatable bonds is 7. The van der Waals surface area contributed by atoms with Crippen LogP contribution in [0.4, 0.5) is 5.69 Å². The van der Waals surface area contributed by atoms with Gasteiger partial charge in [0.05, 0.1) is 0 Å². The summed E-state index contributed by atoms with van der Waals surface area (Å²) in [4.78, 5) is 20.1. The third kappa shape index (κ3) is 4.87. The molecular weight excluding hydrogens is 378 g/mol. The fourth-order valence-corrected chi connectivity index (χ4v) is 3.60. The van der Waals surface area contributed by atoms with Crippen molar-refractivity contribution in [1.29, 1.82) is 0 Å². The van der Waals surface area contributed by atoms with Gasteiger partial charge in [0.15, 0.2) is 0 Å². The van der Waals surface area contributed by atoms with Gasteiger partial charge < -0.3 is 26.1 Å². The number of carbonyl (C=O) groups is 1. The Balaban J connectivity index is 1.41. The van der Waals surface area contributed by atoms with Crippen molar-refractivity contribution >= 4 is 11.6 Å². The van der Waals surface area contributed by atoms with Gasteiger partial charge in [-0.1, -0.05) is 18.6 Å². The lowest BCUT2D eigenvalue weighted by Crippen LogP contribution is -2.38. The minimum Gasteiger partial charge on any atom is -0.492 e. The Bertz CT molecular complexity index is 964. The zero-order valence-electron chi connectivity index (χ0n) is 16.9. The molecule has 1 atom stereocenters. The summed E-state index contributed by atoms with van der Waals surface area (Å²) in [5.41, 5.74) is 8.83. The first-order valence-electron chi connectivity index (χ1n) is 10.3. The maximum absolute atomic E-state index is 12.8. The van der Waals surface area contributed by atoms with E-state index in [1.807, 2.05) is 30.3 Å². The Morgan fingerprint density at radius 2 is 2.07 bits per heavy atom. The van der Waals surface area contributed by atoms with Gasteiger partial charge in [-0.2, -0.15) is 0 Å². The number of imidazole rings is 1. The summed E-state index contributed by atoms with van der Waals surface area (Å²) in [7, 11) is 0. The van der Waals surface area contributed by atoms with Crippen LogP contribution in [0.25, 0.3) is 11.4 Å². The minimum absolute atomic E-state index is 0.193. The number of nitrogens with one attached hydrogen (secondary N) is 3. The van der Waals surface area contributed by atoms with Crippen LogP contribution >= 0.6 is 0 Å². The Labute approximate surface area is 176 Å². The first-order chi connectivity index (χ1) is 14.7. The topological polar surface area (TPSA) is 105 Å². The molecule has 1 aliphatic rings. The van der Waals surface area contributed by atoms with Crippen LogP contribution in [0.3, 0.4) is 0 Å². The summed E-state index contributed by atoms with van der Waals surface area (Å²) in [5.74, 6) is 1.31. The first-order valence-corrected chi connectivity index (χ1v) is 10.3. The van der Waals surface area contributed by atoms with Gasteiger partial charge in [0, 0.05) is 41.8 Å². The molecule has 2 aromatic carbocycles. The number of amides is 1. The predicted molar refractivity (Wildman–Crippen MR) is 117 cm³/mol. The molecule has 1 aromatic heterocycles. The molecule has 0 bridgehead atoms. The van der Waals surface area contributed by atoms with E-state index in [4.69, 9.17) is 10.5 Å². The number of H-pyrrole nitrogens is 1. The highest BCUT2D eigenvalue weighted by molar-refractivity contribution is 6.05. The molecule has 5 N–H and O–H groups in total. The molecule has 4 rings (SSSR count). The largest absolute Gasteiger partial charge is 0.492 e. The van der Waals surface area contributed by atoms with Crippen LogP contribution in [-0.2, 0) is 6.54 Å². The van der Waals surface area contributed by atoms with Gasteiger partial charge in [-0.15, -0.1) is 0 Å². The third-order valence-corrected chi connectivity index (χ3v) is 5.33. The number of carbonyl (C=O) groups excluding carboxylic acids is 1. The Morgan fingerprint density at radius 3 is 2.77 bits per heavy atom. The molecule has 0 aliphatic carbocycles. The van der Waals surface area contributed by atoms with E-state index >= 15 is 0 Å². The van der Waals surface area contributed by atoms with E-state index in [2.05, 4.69) is 20.6 Å². The molecule has 0 saturated carbocycles. The second-order valence-electron chi connectivity index (χ2n) is 7.45. The van der Waals surface area contributed by atoms with Crippen molar-refractivity contribution in [2.45, 2.75) is 31.8 Å². The van der Waals surface area contributed by atoms with Gasteiger partial charge in [-0.3, -0.25) is 4.79 Å². The van der Waals surface area contributed by atoms with Crippen molar-refractivity contribution < 1.29 is 9.53 Å². The average molecular weight is 406 g/mol. The van der Waals surface area contributed by atoms with Crippen LogP contribution in [0.2, 0.25) is 0 Å². The quantitative estimate of drug-likeness (QED) is 0.483. The van der Waals surface area contributed by atoms with E-state index in [9.17, 15) is 4.79 Å². The summed E-state index contributed by atoms with van der Waals surface area (Å²) in [6.07, 6.45) is 7.07. The van der Waals surface area contributed by atoms with Crippen LogP contribution in [0.15, 0.2) is 54.9 Å². The first kappa shape index (κ1) is 20.1. The molecule has 156 valence electrons. The smallest absolute Gasteiger partial charge is 0.255 e. The normalized spacial score (nSPS) is 16.2. The predicted octanol–water partition coefficient (Wildman–Crippen LogP) is 3.31. The number of aromatic amines is 1. The highest BCUT2D eigenvalue weighted by Crippen LogP contribution is 2.24. The summed E-state index contributed by atoms with van der Waals surface area (Å²) in [5, 5.41) is 6.44. The Kier molecular flexibility index (Phi) is 6.41. The lowest BCUT2D eigenvalue weighted by Gasteiger charge is -2.23. The van der Waals surface area contributed by atoms with Crippen molar-refractivity contribution in [1.82, 2.24) is 15.3 Å². The Morgan fingerprint density at radius 1 is 1.20 bits per heavy atom. The fraction of sp³-hybridized carbons (Fsp3) is 0.304. The molecule has 1 unspecified atom stereocenters. The highest BCUT2D eigenvalue weighted by atomic mass is 16.5. The van der Waals surface area contributed by atoms with Gasteiger partial charge in [0.2, 0.25) is 0 Å². The van der Waals surface area contributed by atoms with E-state index in [0.29, 0.717) is 30.4 Å². The minimum atomic E-state index is -0.193. The molecule has 0 radical (unpaired) electrons. The van der Waals surface area contributed by atoms with Crippen LogP contribution < -0.4 is 21.1 Å². The SMILES string of the molecule is NCc1ccc(-c2ncc[nH]2)cc1NC(=O)c1ccc(OCC2CCCCN2)cc1. The number of benzene rings is 2. The number of nitrogens with zero attached hydrogens (tertiary/aromatic N) is 1. The van der Waals surface area contributed by atoms with Gasteiger partial charge in [0.1, 0.15) is 18.2 Å². The second kappa shape index (κ2) is 9.56. The van der Waals surface area contributed by atoms with Gasteiger partial charge in [-0.05, 0) is 55.3 Å². The standard InChI is InChI=1S/C23H27N5O2/c24-14-18-5-4-17(22-26-11-12-27-22)13-21(18)28-23(29)16-6-8-20(9-7-16)30-15-19-3-1-2-10-25-19/h4-9,11-13,19,25H,1-3,10,14-15,24H2,(H,26,27)(H,28,29). The molecule has 7 nitrogen and oxygen atoms in total. The lowest BCUT2D eigenvalue weighted by atomic mass is 10.1. The van der Waals surface area contributed by atoms with Crippen molar-refractivity contribution in [2.24, 2.45) is 5.73 Å². The number of aromatic nitrogens is 2. The van der Waals surface area contributed by atoms with E-state index in [-0.39, 0.29) is 5.91 Å². The van der Waals surface area contributed by atoms with Crippen LogP contribution in [0.5, 0.6) is 5.75 Å². The van der Waals surface area contributed by atoms with Crippen LogP contribution in [0, 0.1) is 0 Å². The number of piperidine rings is 1. The maximum atomic E-state index is 12.8. The van der Waals surface area contributed by atoms with E-state index in [1.54, 1.807) is 24.5 Å². The Hall–Kier alpha value is -3.16. The molecule has 3 aromatic rings. The molecule has 0 spiro atoms. The molecule has 1 saturated heterocycles. The average Bonchev–Trinajstić information content (AvgIpc) is 3.34. The van der Waals surface area contributed by atoms with Crippen molar-refractivity contribution in [3.8, 4) is 17.1 Å². The molecule has 30 heavy (non-hydrogen) atoms. The number of hydrogen-bond acceptors (Lipinski definition) is 5. The second-order valence-corrected chi connectivity index (χ2v) is 7.45. The van der Waals surface area contributed by atoms with Gasteiger partial charge in [0.25, 0.3) is 5.91 Å².